The number of hydrogen-bond donors (Lipinski definition) is 0. The van der Waals surface area contributed by atoms with Crippen LogP contribution in [0, 0.1) is 19.8 Å². The summed E-state index contributed by atoms with van der Waals surface area (Å²) in [7, 11) is 1.37. The Balaban J connectivity index is 2.32. The van der Waals surface area contributed by atoms with Gasteiger partial charge in [-0.1, -0.05) is 0 Å². The van der Waals surface area contributed by atoms with E-state index in [2.05, 4.69) is 0 Å². The summed E-state index contributed by atoms with van der Waals surface area (Å²) in [6, 6.07) is 2.93. The first-order valence-corrected chi connectivity index (χ1v) is 7.38. The van der Waals surface area contributed by atoms with Crippen LogP contribution in [0.2, 0.25) is 0 Å². The first-order chi connectivity index (χ1) is 10.0. The van der Waals surface area contributed by atoms with Crippen LogP contribution in [0.5, 0.6) is 0 Å². The molecule has 2 heterocycles. The number of methoxy groups -OCH3 is 1. The summed E-state index contributed by atoms with van der Waals surface area (Å²) in [5, 5.41) is 0. The van der Waals surface area contributed by atoms with E-state index in [4.69, 9.17) is 9.47 Å². The third kappa shape index (κ3) is 3.73. The average molecular weight is 293 g/mol. The molecule has 1 aliphatic heterocycles. The Morgan fingerprint density at radius 3 is 2.62 bits per heavy atom. The molecule has 0 bridgehead atoms. The second kappa shape index (κ2) is 6.89. The molecule has 5 heteroatoms. The van der Waals surface area contributed by atoms with Gasteiger partial charge in [-0.05, 0) is 50.7 Å². The molecule has 2 rings (SSSR count). The molecule has 0 radical (unpaired) electrons. The van der Waals surface area contributed by atoms with Crippen molar-refractivity contribution in [3.05, 3.63) is 33.7 Å². The first-order valence-electron chi connectivity index (χ1n) is 7.38. The monoisotopic (exact) mass is 293 g/mol. The van der Waals surface area contributed by atoms with E-state index in [-0.39, 0.29) is 11.5 Å². The largest absolute Gasteiger partial charge is 0.467 e. The lowest BCUT2D eigenvalue weighted by Gasteiger charge is -2.27. The summed E-state index contributed by atoms with van der Waals surface area (Å²) in [6.07, 6.45) is 2.47. The zero-order valence-corrected chi connectivity index (χ0v) is 12.9. The molecule has 1 aliphatic rings. The van der Waals surface area contributed by atoms with Crippen LogP contribution in [-0.2, 0) is 14.3 Å². The van der Waals surface area contributed by atoms with Crippen LogP contribution in [0.4, 0.5) is 0 Å². The molecule has 1 atom stereocenters. The highest BCUT2D eigenvalue weighted by atomic mass is 16.5. The normalized spacial score (nSPS) is 17.5. The third-order valence-electron chi connectivity index (χ3n) is 4.09. The number of carbonyl (C=O) groups excluding carboxylic acids is 1. The van der Waals surface area contributed by atoms with Crippen LogP contribution >= 0.6 is 0 Å². The van der Waals surface area contributed by atoms with Crippen molar-refractivity contribution in [2.45, 2.75) is 39.2 Å². The zero-order chi connectivity index (χ0) is 15.4. The molecule has 0 spiro atoms. The average Bonchev–Trinajstić information content (AvgIpc) is 2.45. The van der Waals surface area contributed by atoms with Crippen molar-refractivity contribution in [2.24, 2.45) is 5.92 Å². The summed E-state index contributed by atoms with van der Waals surface area (Å²) in [5.74, 6) is 0.0333. The predicted octanol–water partition coefficient (Wildman–Crippen LogP) is 2.00. The fourth-order valence-electron chi connectivity index (χ4n) is 3.02. The minimum absolute atomic E-state index is 0.144. The maximum Gasteiger partial charge on any atom is 0.328 e. The van der Waals surface area contributed by atoms with Crippen molar-refractivity contribution in [2.75, 3.05) is 20.3 Å². The van der Waals surface area contributed by atoms with Crippen molar-refractivity contribution >= 4 is 5.97 Å². The van der Waals surface area contributed by atoms with E-state index in [1.54, 1.807) is 10.6 Å². The molecule has 0 N–H and O–H groups in total. The van der Waals surface area contributed by atoms with Gasteiger partial charge in [0, 0.05) is 25.0 Å². The van der Waals surface area contributed by atoms with Crippen LogP contribution < -0.4 is 5.56 Å². The Kier molecular flexibility index (Phi) is 5.17. The molecule has 116 valence electrons. The van der Waals surface area contributed by atoms with E-state index < -0.39 is 6.04 Å². The fraction of sp³-hybridized carbons (Fsp3) is 0.625. The Morgan fingerprint density at radius 1 is 1.38 bits per heavy atom. The molecule has 0 aromatic carbocycles. The van der Waals surface area contributed by atoms with E-state index in [1.165, 1.54) is 7.11 Å². The van der Waals surface area contributed by atoms with Gasteiger partial charge in [0.25, 0.3) is 5.56 Å². The second-order valence-electron chi connectivity index (χ2n) is 5.71. The third-order valence-corrected chi connectivity index (χ3v) is 4.09. The highest BCUT2D eigenvalue weighted by Gasteiger charge is 2.28. The molecule has 1 fully saturated rings. The predicted molar refractivity (Wildman–Crippen MR) is 79.4 cm³/mol. The number of esters is 1. The number of carbonyl (C=O) groups is 1. The van der Waals surface area contributed by atoms with E-state index in [0.29, 0.717) is 12.3 Å². The summed E-state index contributed by atoms with van der Waals surface area (Å²) in [4.78, 5) is 24.5. The Morgan fingerprint density at radius 2 is 2.05 bits per heavy atom. The van der Waals surface area contributed by atoms with Gasteiger partial charge < -0.3 is 9.47 Å². The van der Waals surface area contributed by atoms with Crippen molar-refractivity contribution in [3.8, 4) is 0 Å². The Labute approximate surface area is 124 Å². The van der Waals surface area contributed by atoms with Gasteiger partial charge in [0.1, 0.15) is 6.04 Å². The maximum atomic E-state index is 12.3. The minimum Gasteiger partial charge on any atom is -0.467 e. The van der Waals surface area contributed by atoms with Gasteiger partial charge in [-0.15, -0.1) is 0 Å². The number of pyridine rings is 1. The highest BCUT2D eigenvalue weighted by Crippen LogP contribution is 2.26. The molecule has 0 saturated carbocycles. The van der Waals surface area contributed by atoms with Gasteiger partial charge in [-0.25, -0.2) is 4.79 Å². The first kappa shape index (κ1) is 15.8. The molecule has 21 heavy (non-hydrogen) atoms. The minimum atomic E-state index is -0.550. The standard InChI is InChI=1S/C16H23NO4/c1-11-8-12(2)17(15(18)9-11)14(16(19)20-3)10-13-4-6-21-7-5-13/h8-9,13-14H,4-7,10H2,1-3H3. The SMILES string of the molecule is COC(=O)C(CC1CCOCC1)n1c(C)cc(C)cc1=O. The van der Waals surface area contributed by atoms with Crippen LogP contribution in [-0.4, -0.2) is 30.9 Å². The number of aromatic nitrogens is 1. The topological polar surface area (TPSA) is 57.5 Å². The van der Waals surface area contributed by atoms with Crippen molar-refractivity contribution < 1.29 is 14.3 Å². The summed E-state index contributed by atoms with van der Waals surface area (Å²) >= 11 is 0. The molecule has 1 unspecified atom stereocenters. The number of nitrogens with zero attached hydrogens (tertiary/aromatic N) is 1. The van der Waals surface area contributed by atoms with E-state index >= 15 is 0 Å². The molecule has 5 nitrogen and oxygen atoms in total. The quantitative estimate of drug-likeness (QED) is 0.797. The molecule has 1 aromatic rings. The molecule has 0 amide bonds. The van der Waals surface area contributed by atoms with Gasteiger partial charge >= 0.3 is 5.97 Å². The second-order valence-corrected chi connectivity index (χ2v) is 5.71. The molecule has 1 saturated heterocycles. The summed E-state index contributed by atoms with van der Waals surface area (Å²) in [6.45, 7) is 5.18. The Hall–Kier alpha value is -1.62. The smallest absolute Gasteiger partial charge is 0.328 e. The number of rotatable bonds is 4. The Bertz CT molecular complexity index is 558. The summed E-state index contributed by atoms with van der Waals surface area (Å²) < 4.78 is 11.8. The lowest BCUT2D eigenvalue weighted by atomic mass is 9.92. The highest BCUT2D eigenvalue weighted by molar-refractivity contribution is 5.74. The van der Waals surface area contributed by atoms with Gasteiger partial charge in [0.05, 0.1) is 7.11 Å². The number of ether oxygens (including phenoxy) is 2. The van der Waals surface area contributed by atoms with Gasteiger partial charge in [-0.2, -0.15) is 0 Å². The van der Waals surface area contributed by atoms with Gasteiger partial charge in [0.15, 0.2) is 0 Å². The van der Waals surface area contributed by atoms with E-state index in [0.717, 1.165) is 37.3 Å². The van der Waals surface area contributed by atoms with Crippen LogP contribution in [0.25, 0.3) is 0 Å². The van der Waals surface area contributed by atoms with Crippen molar-refractivity contribution in [1.29, 1.82) is 0 Å². The van der Waals surface area contributed by atoms with Crippen LogP contribution in [0.15, 0.2) is 16.9 Å². The lowest BCUT2D eigenvalue weighted by Crippen LogP contribution is -2.34. The van der Waals surface area contributed by atoms with Crippen LogP contribution in [0.3, 0.4) is 0 Å². The number of hydrogen-bond acceptors (Lipinski definition) is 4. The molecular formula is C16H23NO4. The maximum absolute atomic E-state index is 12.3. The molecule has 0 aliphatic carbocycles. The lowest BCUT2D eigenvalue weighted by molar-refractivity contribution is -0.145. The van der Waals surface area contributed by atoms with Gasteiger partial charge in [0.2, 0.25) is 0 Å². The number of aryl methyl sites for hydroxylation is 2. The van der Waals surface area contributed by atoms with E-state index in [1.807, 2.05) is 19.9 Å². The summed E-state index contributed by atoms with van der Waals surface area (Å²) in [5.41, 5.74) is 1.56. The van der Waals surface area contributed by atoms with E-state index in [9.17, 15) is 9.59 Å². The van der Waals surface area contributed by atoms with Crippen LogP contribution in [0.1, 0.15) is 36.6 Å². The van der Waals surface area contributed by atoms with Crippen molar-refractivity contribution in [1.82, 2.24) is 4.57 Å². The molecule has 1 aromatic heterocycles. The molecular weight excluding hydrogens is 270 g/mol. The zero-order valence-electron chi connectivity index (χ0n) is 12.9. The fourth-order valence-corrected chi connectivity index (χ4v) is 3.02. The van der Waals surface area contributed by atoms with Crippen molar-refractivity contribution in [3.63, 3.8) is 0 Å². The van der Waals surface area contributed by atoms with Gasteiger partial charge in [-0.3, -0.25) is 9.36 Å².